The molecule has 0 unspecified atom stereocenters. The van der Waals surface area contributed by atoms with Crippen LogP contribution in [0, 0.1) is 0 Å². The van der Waals surface area contributed by atoms with Gasteiger partial charge in [-0.1, -0.05) is 35.9 Å². The van der Waals surface area contributed by atoms with Gasteiger partial charge in [-0.2, -0.15) is 18.3 Å². The van der Waals surface area contributed by atoms with Crippen LogP contribution in [0.15, 0.2) is 71.1 Å². The Morgan fingerprint density at radius 3 is 2.48 bits per heavy atom. The highest BCUT2D eigenvalue weighted by Gasteiger charge is 2.34. The molecular weight excluding hydrogens is 393 g/mol. The molecule has 2 nitrogen and oxygen atoms in total. The van der Waals surface area contributed by atoms with Gasteiger partial charge in [0.25, 0.3) is 0 Å². The summed E-state index contributed by atoms with van der Waals surface area (Å²) in [5.74, 6) is 0. The van der Waals surface area contributed by atoms with E-state index in [0.717, 1.165) is 28.3 Å². The minimum atomic E-state index is -4.39. The van der Waals surface area contributed by atoms with Crippen LogP contribution in [-0.4, -0.2) is 5.71 Å². The first-order chi connectivity index (χ1) is 12.9. The van der Waals surface area contributed by atoms with Gasteiger partial charge in [-0.3, -0.25) is 5.01 Å². The summed E-state index contributed by atoms with van der Waals surface area (Å²) in [5, 5.41) is 8.94. The molecule has 1 aromatic heterocycles. The highest BCUT2D eigenvalue weighted by molar-refractivity contribution is 7.10. The Morgan fingerprint density at radius 2 is 1.81 bits per heavy atom. The largest absolute Gasteiger partial charge is 0.416 e. The number of benzene rings is 2. The van der Waals surface area contributed by atoms with Crippen molar-refractivity contribution in [3.05, 3.63) is 87.1 Å². The number of rotatable bonds is 3. The molecule has 0 fully saturated rings. The zero-order chi connectivity index (χ0) is 19.0. The van der Waals surface area contributed by atoms with Gasteiger partial charge in [-0.25, -0.2) is 0 Å². The van der Waals surface area contributed by atoms with Crippen LogP contribution in [0.1, 0.15) is 28.5 Å². The first-order valence-electron chi connectivity index (χ1n) is 8.25. The third-order valence-electron chi connectivity index (χ3n) is 4.40. The SMILES string of the molecule is FC(F)(F)c1cccc(N2N=C(c3ccc(Cl)cc3)C[C@H]2c2cccs2)c1. The minimum Gasteiger partial charge on any atom is -0.257 e. The first-order valence-corrected chi connectivity index (χ1v) is 9.51. The minimum absolute atomic E-state index is 0.140. The van der Waals surface area contributed by atoms with Crippen LogP contribution < -0.4 is 5.01 Å². The lowest BCUT2D eigenvalue weighted by molar-refractivity contribution is -0.137. The fourth-order valence-electron chi connectivity index (χ4n) is 3.09. The standard InChI is InChI=1S/C20H14ClF3N2S/c21-15-8-6-13(7-9-15)17-12-18(19-5-2-10-27-19)26(25-17)16-4-1-3-14(11-16)20(22,23)24/h1-11,18H,12H2/t18-/m0/s1. The quantitative estimate of drug-likeness (QED) is 0.468. The first kappa shape index (κ1) is 18.1. The van der Waals surface area contributed by atoms with Crippen molar-refractivity contribution in [1.29, 1.82) is 0 Å². The molecule has 0 saturated heterocycles. The van der Waals surface area contributed by atoms with Crippen LogP contribution in [0.4, 0.5) is 18.9 Å². The molecule has 0 radical (unpaired) electrons. The number of nitrogens with zero attached hydrogens (tertiary/aromatic N) is 2. The van der Waals surface area contributed by atoms with Gasteiger partial charge in [0.2, 0.25) is 0 Å². The van der Waals surface area contributed by atoms with Crippen molar-refractivity contribution in [2.24, 2.45) is 5.10 Å². The Labute approximate surface area is 163 Å². The van der Waals surface area contributed by atoms with Crippen LogP contribution in [0.3, 0.4) is 0 Å². The van der Waals surface area contributed by atoms with Gasteiger partial charge in [-0.15, -0.1) is 11.3 Å². The van der Waals surface area contributed by atoms with Gasteiger partial charge in [0.15, 0.2) is 0 Å². The van der Waals surface area contributed by atoms with E-state index in [2.05, 4.69) is 5.10 Å². The molecule has 0 amide bonds. The van der Waals surface area contributed by atoms with Gasteiger partial charge >= 0.3 is 6.18 Å². The summed E-state index contributed by atoms with van der Waals surface area (Å²) in [6, 6.07) is 16.4. The molecule has 0 saturated carbocycles. The van der Waals surface area contributed by atoms with Crippen molar-refractivity contribution >= 4 is 34.3 Å². The molecule has 4 rings (SSSR count). The molecule has 1 aliphatic rings. The van der Waals surface area contributed by atoms with E-state index >= 15 is 0 Å². The summed E-state index contributed by atoms with van der Waals surface area (Å²) in [4.78, 5) is 1.06. The number of halogens is 4. The molecule has 0 bridgehead atoms. The second-order valence-electron chi connectivity index (χ2n) is 6.18. The van der Waals surface area contributed by atoms with E-state index in [1.807, 2.05) is 29.6 Å². The lowest BCUT2D eigenvalue weighted by Gasteiger charge is -2.23. The summed E-state index contributed by atoms with van der Waals surface area (Å²) >= 11 is 7.53. The van der Waals surface area contributed by atoms with E-state index in [1.165, 1.54) is 6.07 Å². The Hall–Kier alpha value is -2.31. The maximum Gasteiger partial charge on any atom is 0.416 e. The van der Waals surface area contributed by atoms with Crippen LogP contribution in [0.2, 0.25) is 5.02 Å². The third-order valence-corrected chi connectivity index (χ3v) is 5.62. The monoisotopic (exact) mass is 406 g/mol. The van der Waals surface area contributed by atoms with E-state index in [4.69, 9.17) is 11.6 Å². The van der Waals surface area contributed by atoms with Gasteiger partial charge in [0.1, 0.15) is 0 Å². The zero-order valence-electron chi connectivity index (χ0n) is 13.9. The Morgan fingerprint density at radius 1 is 1.04 bits per heavy atom. The van der Waals surface area contributed by atoms with Crippen molar-refractivity contribution in [2.75, 3.05) is 5.01 Å². The number of hydrogen-bond acceptors (Lipinski definition) is 3. The van der Waals surface area contributed by atoms with Crippen molar-refractivity contribution in [1.82, 2.24) is 0 Å². The topological polar surface area (TPSA) is 15.6 Å². The Bertz CT molecular complexity index is 966. The summed E-state index contributed by atoms with van der Waals surface area (Å²) in [6.07, 6.45) is -3.78. The lowest BCUT2D eigenvalue weighted by atomic mass is 10.0. The smallest absolute Gasteiger partial charge is 0.257 e. The number of alkyl halides is 3. The molecule has 27 heavy (non-hydrogen) atoms. The second kappa shape index (κ2) is 7.02. The summed E-state index contributed by atoms with van der Waals surface area (Å²) in [6.45, 7) is 0. The molecule has 3 aromatic rings. The molecule has 0 spiro atoms. The molecule has 0 N–H and O–H groups in total. The molecule has 2 aromatic carbocycles. The van der Waals surface area contributed by atoms with Crippen LogP contribution in [-0.2, 0) is 6.18 Å². The summed E-state index contributed by atoms with van der Waals surface area (Å²) in [7, 11) is 0. The normalized spacial score (nSPS) is 17.3. The molecule has 7 heteroatoms. The van der Waals surface area contributed by atoms with E-state index in [9.17, 15) is 13.2 Å². The predicted molar refractivity (Wildman–Crippen MR) is 104 cm³/mol. The zero-order valence-corrected chi connectivity index (χ0v) is 15.5. The highest BCUT2D eigenvalue weighted by Crippen LogP contribution is 2.40. The van der Waals surface area contributed by atoms with Crippen LogP contribution in [0.25, 0.3) is 0 Å². The molecule has 1 atom stereocenters. The van der Waals surface area contributed by atoms with E-state index in [-0.39, 0.29) is 6.04 Å². The molecule has 0 aliphatic carbocycles. The highest BCUT2D eigenvalue weighted by atomic mass is 35.5. The molecule has 1 aliphatic heterocycles. The van der Waals surface area contributed by atoms with Crippen molar-refractivity contribution in [3.63, 3.8) is 0 Å². The second-order valence-corrected chi connectivity index (χ2v) is 7.60. The molecular formula is C20H14ClF3N2S. The number of anilines is 1. The van der Waals surface area contributed by atoms with Crippen molar-refractivity contribution < 1.29 is 13.2 Å². The average Bonchev–Trinajstić information content (AvgIpc) is 3.31. The van der Waals surface area contributed by atoms with Gasteiger partial charge in [0.05, 0.1) is 23.0 Å². The summed E-state index contributed by atoms with van der Waals surface area (Å²) in [5.41, 5.74) is 1.48. The maximum atomic E-state index is 13.1. The van der Waals surface area contributed by atoms with Gasteiger partial charge < -0.3 is 0 Å². The van der Waals surface area contributed by atoms with Crippen molar-refractivity contribution in [2.45, 2.75) is 18.6 Å². The van der Waals surface area contributed by atoms with Crippen LogP contribution in [0.5, 0.6) is 0 Å². The van der Waals surface area contributed by atoms with E-state index in [1.54, 1.807) is 34.5 Å². The fraction of sp³-hybridized carbons (Fsp3) is 0.150. The van der Waals surface area contributed by atoms with E-state index < -0.39 is 11.7 Å². The Balaban J connectivity index is 1.76. The Kier molecular flexibility index (Phi) is 4.70. The number of hydrogen-bond donors (Lipinski definition) is 0. The van der Waals surface area contributed by atoms with Crippen LogP contribution >= 0.6 is 22.9 Å². The van der Waals surface area contributed by atoms with Gasteiger partial charge in [-0.05, 0) is 47.3 Å². The van der Waals surface area contributed by atoms with E-state index in [0.29, 0.717) is 17.1 Å². The fourth-order valence-corrected chi connectivity index (χ4v) is 4.03. The third kappa shape index (κ3) is 3.73. The average molecular weight is 407 g/mol. The maximum absolute atomic E-state index is 13.1. The molecule has 2 heterocycles. The lowest BCUT2D eigenvalue weighted by Crippen LogP contribution is -2.18. The number of thiophene rings is 1. The number of hydrazone groups is 1. The summed E-state index contributed by atoms with van der Waals surface area (Å²) < 4.78 is 39.4. The van der Waals surface area contributed by atoms with Crippen molar-refractivity contribution in [3.8, 4) is 0 Å². The predicted octanol–water partition coefficient (Wildman–Crippen LogP) is 6.78. The van der Waals surface area contributed by atoms with Gasteiger partial charge in [0, 0.05) is 16.3 Å². The molecule has 138 valence electrons.